The van der Waals surface area contributed by atoms with Gasteiger partial charge < -0.3 is 20.0 Å². The molecule has 1 atom stereocenters. The summed E-state index contributed by atoms with van der Waals surface area (Å²) in [7, 11) is 2.18. The lowest BCUT2D eigenvalue weighted by molar-refractivity contribution is -0.134. The fraction of sp³-hybridized carbons (Fsp3) is 0.667. The lowest BCUT2D eigenvalue weighted by Crippen LogP contribution is -2.44. The molecule has 2 heterocycles. The largest absolute Gasteiger partial charge is 0.385 e. The van der Waals surface area contributed by atoms with Gasteiger partial charge in [0.2, 0.25) is 5.91 Å². The highest BCUT2D eigenvalue weighted by atomic mass is 16.2. The molecule has 0 saturated carbocycles. The van der Waals surface area contributed by atoms with Crippen LogP contribution in [-0.2, 0) is 4.79 Å². The number of amides is 1. The Morgan fingerprint density at radius 2 is 1.81 bits per heavy atom. The van der Waals surface area contributed by atoms with E-state index in [9.17, 15) is 4.79 Å². The molecule has 1 aromatic carbocycles. The van der Waals surface area contributed by atoms with E-state index in [1.807, 2.05) is 0 Å². The van der Waals surface area contributed by atoms with E-state index in [0.29, 0.717) is 24.9 Å². The minimum Gasteiger partial charge on any atom is -0.385 e. The second-order valence-corrected chi connectivity index (χ2v) is 7.66. The molecule has 3 rings (SSSR count). The molecule has 5 nitrogen and oxygen atoms in total. The van der Waals surface area contributed by atoms with Crippen LogP contribution in [0.5, 0.6) is 0 Å². The van der Waals surface area contributed by atoms with Gasteiger partial charge in [-0.25, -0.2) is 0 Å². The van der Waals surface area contributed by atoms with Crippen molar-refractivity contribution < 1.29 is 4.79 Å². The molecule has 0 radical (unpaired) electrons. The Balaban J connectivity index is 1.44. The highest BCUT2D eigenvalue weighted by Gasteiger charge is 2.24. The van der Waals surface area contributed by atoms with E-state index in [0.717, 1.165) is 51.3 Å². The maximum Gasteiger partial charge on any atom is 0.224 e. The summed E-state index contributed by atoms with van der Waals surface area (Å²) in [5, 5.41) is 3.41. The number of hydrogen-bond donors (Lipinski definition) is 1. The highest BCUT2D eigenvalue weighted by molar-refractivity contribution is 5.77. The van der Waals surface area contributed by atoms with Gasteiger partial charge in [-0.2, -0.15) is 0 Å². The van der Waals surface area contributed by atoms with Crippen molar-refractivity contribution >= 4 is 17.3 Å². The molecule has 26 heavy (non-hydrogen) atoms. The van der Waals surface area contributed by atoms with Crippen molar-refractivity contribution in [2.24, 2.45) is 0 Å². The molecule has 2 aliphatic heterocycles. The van der Waals surface area contributed by atoms with E-state index in [1.165, 1.54) is 18.5 Å². The van der Waals surface area contributed by atoms with Crippen molar-refractivity contribution in [1.29, 1.82) is 0 Å². The van der Waals surface area contributed by atoms with Gasteiger partial charge in [-0.3, -0.25) is 4.79 Å². The van der Waals surface area contributed by atoms with Crippen molar-refractivity contribution in [3.63, 3.8) is 0 Å². The first kappa shape index (κ1) is 19.0. The van der Waals surface area contributed by atoms with Crippen LogP contribution >= 0.6 is 0 Å². The van der Waals surface area contributed by atoms with Gasteiger partial charge >= 0.3 is 0 Å². The monoisotopic (exact) mass is 358 g/mol. The zero-order valence-corrected chi connectivity index (χ0v) is 16.4. The average molecular weight is 359 g/mol. The molecule has 1 amide bonds. The van der Waals surface area contributed by atoms with E-state index >= 15 is 0 Å². The van der Waals surface area contributed by atoms with E-state index in [2.05, 4.69) is 58.3 Å². The number of likely N-dealkylation sites (N-methyl/N-ethyl adjacent to an activating group) is 1. The number of piperazine rings is 1. The predicted octanol–water partition coefficient (Wildman–Crippen LogP) is 3.03. The Morgan fingerprint density at radius 1 is 1.08 bits per heavy atom. The molecule has 2 fully saturated rings. The normalized spacial score (nSPS) is 21.7. The van der Waals surface area contributed by atoms with Gasteiger partial charge in [0.1, 0.15) is 0 Å². The predicted molar refractivity (Wildman–Crippen MR) is 109 cm³/mol. The third-order valence-corrected chi connectivity index (χ3v) is 5.82. The van der Waals surface area contributed by atoms with Crippen LogP contribution in [0.2, 0.25) is 0 Å². The van der Waals surface area contributed by atoms with Crippen molar-refractivity contribution in [3.8, 4) is 0 Å². The smallest absolute Gasteiger partial charge is 0.224 e. The molecule has 1 aromatic rings. The zero-order chi connectivity index (χ0) is 18.4. The number of nitrogens with one attached hydrogen (secondary N) is 1. The van der Waals surface area contributed by atoms with Crippen LogP contribution < -0.4 is 10.2 Å². The topological polar surface area (TPSA) is 38.8 Å². The third kappa shape index (κ3) is 4.91. The fourth-order valence-electron chi connectivity index (χ4n) is 4.07. The first-order valence-electron chi connectivity index (χ1n) is 10.2. The van der Waals surface area contributed by atoms with E-state index in [-0.39, 0.29) is 0 Å². The van der Waals surface area contributed by atoms with Gasteiger partial charge in [0.05, 0.1) is 0 Å². The molecule has 0 bridgehead atoms. The minimum absolute atomic E-state index is 0.304. The summed E-state index contributed by atoms with van der Waals surface area (Å²) in [6, 6.07) is 9.10. The summed E-state index contributed by atoms with van der Waals surface area (Å²) in [6.07, 6.45) is 5.25. The molecule has 2 saturated heterocycles. The number of hydrogen-bond acceptors (Lipinski definition) is 4. The number of carbonyl (C=O) groups excluding carboxylic acids is 1. The van der Waals surface area contributed by atoms with Gasteiger partial charge in [-0.15, -0.1) is 0 Å². The molecule has 144 valence electrons. The fourth-order valence-corrected chi connectivity index (χ4v) is 4.07. The SMILES string of the molecule is CCC1CCCCN1C(=O)CCNc1ccc(N2CCN(C)CC2)cc1. The molecule has 0 aliphatic carbocycles. The Labute approximate surface area is 158 Å². The molecular weight excluding hydrogens is 324 g/mol. The standard InChI is InChI=1S/C21H34N4O/c1-3-19-6-4-5-13-25(19)21(26)11-12-22-18-7-9-20(10-8-18)24-16-14-23(2)15-17-24/h7-10,19,22H,3-6,11-17H2,1-2H3. The summed E-state index contributed by atoms with van der Waals surface area (Å²) in [5.41, 5.74) is 2.39. The van der Waals surface area contributed by atoms with Crippen molar-refractivity contribution in [2.45, 2.75) is 45.1 Å². The Hall–Kier alpha value is -1.75. The second-order valence-electron chi connectivity index (χ2n) is 7.66. The van der Waals surface area contributed by atoms with E-state index < -0.39 is 0 Å². The van der Waals surface area contributed by atoms with Crippen LogP contribution in [0.25, 0.3) is 0 Å². The van der Waals surface area contributed by atoms with Gasteiger partial charge in [0.15, 0.2) is 0 Å². The van der Waals surface area contributed by atoms with Crippen LogP contribution in [0.4, 0.5) is 11.4 Å². The number of likely N-dealkylation sites (tertiary alicyclic amines) is 1. The molecule has 5 heteroatoms. The Kier molecular flexibility index (Phi) is 6.78. The van der Waals surface area contributed by atoms with Crippen LogP contribution in [-0.4, -0.2) is 68.1 Å². The molecule has 0 spiro atoms. The van der Waals surface area contributed by atoms with Crippen LogP contribution in [0, 0.1) is 0 Å². The molecule has 0 aromatic heterocycles. The van der Waals surface area contributed by atoms with Gasteiger partial charge in [-0.05, 0) is 57.0 Å². The number of piperidine rings is 1. The molecular formula is C21H34N4O. The lowest BCUT2D eigenvalue weighted by Gasteiger charge is -2.35. The quantitative estimate of drug-likeness (QED) is 0.848. The van der Waals surface area contributed by atoms with Crippen molar-refractivity contribution in [1.82, 2.24) is 9.80 Å². The van der Waals surface area contributed by atoms with Gasteiger partial charge in [-0.1, -0.05) is 6.92 Å². The maximum atomic E-state index is 12.5. The first-order valence-corrected chi connectivity index (χ1v) is 10.2. The minimum atomic E-state index is 0.304. The lowest BCUT2D eigenvalue weighted by atomic mass is 9.99. The van der Waals surface area contributed by atoms with E-state index in [4.69, 9.17) is 0 Å². The average Bonchev–Trinajstić information content (AvgIpc) is 2.69. The Bertz CT molecular complexity index is 566. The summed E-state index contributed by atoms with van der Waals surface area (Å²) >= 11 is 0. The number of anilines is 2. The maximum absolute atomic E-state index is 12.5. The summed E-state index contributed by atoms with van der Waals surface area (Å²) in [5.74, 6) is 0.304. The third-order valence-electron chi connectivity index (χ3n) is 5.82. The number of benzene rings is 1. The highest BCUT2D eigenvalue weighted by Crippen LogP contribution is 2.21. The molecule has 1 unspecified atom stereocenters. The van der Waals surface area contributed by atoms with Crippen molar-refractivity contribution in [2.75, 3.05) is 56.5 Å². The van der Waals surface area contributed by atoms with Crippen LogP contribution in [0.3, 0.4) is 0 Å². The first-order chi connectivity index (χ1) is 12.7. The summed E-state index contributed by atoms with van der Waals surface area (Å²) < 4.78 is 0. The summed E-state index contributed by atoms with van der Waals surface area (Å²) in [4.78, 5) is 19.4. The zero-order valence-electron chi connectivity index (χ0n) is 16.4. The van der Waals surface area contributed by atoms with Gasteiger partial charge in [0.25, 0.3) is 0 Å². The number of carbonyl (C=O) groups is 1. The number of nitrogens with zero attached hydrogens (tertiary/aromatic N) is 3. The van der Waals surface area contributed by atoms with Gasteiger partial charge in [0, 0.05) is 63.1 Å². The Morgan fingerprint density at radius 3 is 2.50 bits per heavy atom. The molecule has 2 aliphatic rings. The van der Waals surface area contributed by atoms with Crippen molar-refractivity contribution in [3.05, 3.63) is 24.3 Å². The second kappa shape index (κ2) is 9.26. The van der Waals surface area contributed by atoms with Crippen LogP contribution in [0.15, 0.2) is 24.3 Å². The summed E-state index contributed by atoms with van der Waals surface area (Å²) in [6.45, 7) is 8.26. The number of rotatable bonds is 6. The van der Waals surface area contributed by atoms with E-state index in [1.54, 1.807) is 0 Å². The van der Waals surface area contributed by atoms with Crippen LogP contribution in [0.1, 0.15) is 39.0 Å². The molecule has 1 N–H and O–H groups in total.